The number of ether oxygens (including phenoxy) is 1. The summed E-state index contributed by atoms with van der Waals surface area (Å²) in [6, 6.07) is 16.4. The Balaban J connectivity index is 1.51. The normalized spacial score (nSPS) is 14.3. The van der Waals surface area contributed by atoms with Crippen molar-refractivity contribution < 1.29 is 19.1 Å². The summed E-state index contributed by atoms with van der Waals surface area (Å²) in [7, 11) is 0. The molecule has 0 atom stereocenters. The molecule has 6 heteroatoms. The van der Waals surface area contributed by atoms with Crippen molar-refractivity contribution in [2.75, 3.05) is 25.0 Å². The smallest absolute Gasteiger partial charge is 0.309 e. The lowest BCUT2D eigenvalue weighted by Crippen LogP contribution is -2.40. The number of anilines is 1. The topological polar surface area (TPSA) is 75.7 Å². The molecule has 0 bridgehead atoms. The summed E-state index contributed by atoms with van der Waals surface area (Å²) in [5, 5.41) is 2.85. The van der Waals surface area contributed by atoms with Gasteiger partial charge in [-0.1, -0.05) is 30.3 Å². The van der Waals surface area contributed by atoms with Crippen LogP contribution in [0.15, 0.2) is 54.6 Å². The number of carbonyl (C=O) groups excluding carboxylic acids is 3. The third-order valence-electron chi connectivity index (χ3n) is 5.03. The number of likely N-dealkylation sites (tertiary alicyclic amines) is 1. The molecule has 0 spiro atoms. The van der Waals surface area contributed by atoms with Gasteiger partial charge in [0.2, 0.25) is 5.91 Å². The molecule has 1 saturated heterocycles. The number of nitrogens with zero attached hydrogens (tertiary/aromatic N) is 1. The van der Waals surface area contributed by atoms with Crippen LogP contribution in [0.25, 0.3) is 0 Å². The van der Waals surface area contributed by atoms with Crippen LogP contribution in [0, 0.1) is 5.92 Å². The van der Waals surface area contributed by atoms with Crippen LogP contribution in [0.4, 0.5) is 5.69 Å². The van der Waals surface area contributed by atoms with Crippen molar-refractivity contribution in [3.63, 3.8) is 0 Å². The first-order valence-electron chi connectivity index (χ1n) is 9.96. The molecule has 2 aromatic carbocycles. The summed E-state index contributed by atoms with van der Waals surface area (Å²) in [5.74, 6) is -0.456. The van der Waals surface area contributed by atoms with Crippen molar-refractivity contribution >= 4 is 23.5 Å². The Labute approximate surface area is 170 Å². The quantitative estimate of drug-likeness (QED) is 0.763. The molecule has 1 aliphatic rings. The molecular weight excluding hydrogens is 368 g/mol. The Morgan fingerprint density at radius 1 is 1.00 bits per heavy atom. The van der Waals surface area contributed by atoms with Crippen molar-refractivity contribution in [3.8, 4) is 0 Å². The molecule has 0 aromatic heterocycles. The van der Waals surface area contributed by atoms with Gasteiger partial charge in [-0.15, -0.1) is 0 Å². The lowest BCUT2D eigenvalue weighted by atomic mass is 9.96. The third-order valence-corrected chi connectivity index (χ3v) is 5.03. The lowest BCUT2D eigenvalue weighted by Gasteiger charge is -2.31. The Morgan fingerprint density at radius 3 is 2.28 bits per heavy atom. The molecule has 6 nitrogen and oxygen atoms in total. The van der Waals surface area contributed by atoms with E-state index < -0.39 is 0 Å². The minimum Gasteiger partial charge on any atom is -0.466 e. The van der Waals surface area contributed by atoms with Crippen molar-refractivity contribution in [2.45, 2.75) is 26.2 Å². The molecular formula is C23H26N2O4. The van der Waals surface area contributed by atoms with E-state index in [2.05, 4.69) is 5.32 Å². The van der Waals surface area contributed by atoms with Gasteiger partial charge in [0.1, 0.15) is 0 Å². The maximum Gasteiger partial charge on any atom is 0.309 e. The highest BCUT2D eigenvalue weighted by atomic mass is 16.5. The van der Waals surface area contributed by atoms with Gasteiger partial charge >= 0.3 is 5.97 Å². The second-order valence-electron chi connectivity index (χ2n) is 7.11. The molecule has 1 heterocycles. The minimum absolute atomic E-state index is 0.0607. The number of nitrogens with one attached hydrogen (secondary N) is 1. The predicted molar refractivity (Wildman–Crippen MR) is 110 cm³/mol. The SMILES string of the molecule is CCOC(=O)C1CCN(C(=O)c2ccc(NC(=O)Cc3ccccc3)cc2)CC1. The number of rotatable bonds is 6. The number of piperidine rings is 1. The van der Waals surface area contributed by atoms with Gasteiger partial charge < -0.3 is 15.0 Å². The summed E-state index contributed by atoms with van der Waals surface area (Å²) in [6.07, 6.45) is 1.55. The van der Waals surface area contributed by atoms with Crippen molar-refractivity contribution in [1.29, 1.82) is 0 Å². The molecule has 1 fully saturated rings. The number of esters is 1. The fraction of sp³-hybridized carbons (Fsp3) is 0.348. The maximum absolute atomic E-state index is 12.7. The number of hydrogen-bond donors (Lipinski definition) is 1. The highest BCUT2D eigenvalue weighted by Crippen LogP contribution is 2.21. The van der Waals surface area contributed by atoms with E-state index in [0.717, 1.165) is 5.56 Å². The van der Waals surface area contributed by atoms with E-state index in [1.807, 2.05) is 30.3 Å². The summed E-state index contributed by atoms with van der Waals surface area (Å²) in [4.78, 5) is 38.4. The van der Waals surface area contributed by atoms with Crippen LogP contribution in [0.5, 0.6) is 0 Å². The Bertz CT molecular complexity index is 841. The first-order valence-corrected chi connectivity index (χ1v) is 9.96. The molecule has 0 radical (unpaired) electrons. The standard InChI is InChI=1S/C23H26N2O4/c1-2-29-23(28)19-12-14-25(15-13-19)22(27)18-8-10-20(11-9-18)24-21(26)16-17-6-4-3-5-7-17/h3-11,19H,2,12-16H2,1H3,(H,24,26). The molecule has 29 heavy (non-hydrogen) atoms. The van der Waals surface area contributed by atoms with Crippen LogP contribution < -0.4 is 5.32 Å². The summed E-state index contributed by atoms with van der Waals surface area (Å²) in [6.45, 7) is 3.26. The van der Waals surface area contributed by atoms with Crippen LogP contribution in [-0.2, 0) is 20.7 Å². The van der Waals surface area contributed by atoms with E-state index in [1.165, 1.54) is 0 Å². The number of carbonyl (C=O) groups is 3. The molecule has 3 rings (SSSR count). The predicted octanol–water partition coefficient (Wildman–Crippen LogP) is 3.28. The molecule has 1 aliphatic heterocycles. The fourth-order valence-electron chi connectivity index (χ4n) is 3.44. The van der Waals surface area contributed by atoms with Crippen molar-refractivity contribution in [3.05, 3.63) is 65.7 Å². The van der Waals surface area contributed by atoms with Gasteiger partial charge in [-0.2, -0.15) is 0 Å². The van der Waals surface area contributed by atoms with Crippen LogP contribution in [-0.4, -0.2) is 42.4 Å². The Morgan fingerprint density at radius 2 is 1.66 bits per heavy atom. The van der Waals surface area contributed by atoms with E-state index in [0.29, 0.717) is 50.2 Å². The van der Waals surface area contributed by atoms with Gasteiger partial charge in [-0.25, -0.2) is 0 Å². The highest BCUT2D eigenvalue weighted by molar-refractivity contribution is 5.96. The Kier molecular flexibility index (Phi) is 7.00. The monoisotopic (exact) mass is 394 g/mol. The number of amides is 2. The molecule has 2 aromatic rings. The van der Waals surface area contributed by atoms with Gasteiger partial charge in [-0.05, 0) is 49.6 Å². The second-order valence-corrected chi connectivity index (χ2v) is 7.11. The zero-order valence-electron chi connectivity index (χ0n) is 16.6. The van der Waals surface area contributed by atoms with E-state index in [-0.39, 0.29) is 23.7 Å². The highest BCUT2D eigenvalue weighted by Gasteiger charge is 2.28. The third kappa shape index (κ3) is 5.67. The van der Waals surface area contributed by atoms with Gasteiger partial charge in [-0.3, -0.25) is 14.4 Å². The second kappa shape index (κ2) is 9.87. The molecule has 0 saturated carbocycles. The summed E-state index contributed by atoms with van der Waals surface area (Å²) >= 11 is 0. The van der Waals surface area contributed by atoms with Crippen molar-refractivity contribution in [2.24, 2.45) is 5.92 Å². The minimum atomic E-state index is -0.171. The molecule has 0 aliphatic carbocycles. The summed E-state index contributed by atoms with van der Waals surface area (Å²) < 4.78 is 5.07. The van der Waals surface area contributed by atoms with Crippen LogP contribution in [0.1, 0.15) is 35.7 Å². The van der Waals surface area contributed by atoms with E-state index in [9.17, 15) is 14.4 Å². The van der Waals surface area contributed by atoms with Crippen molar-refractivity contribution in [1.82, 2.24) is 4.90 Å². The van der Waals surface area contributed by atoms with Crippen LogP contribution >= 0.6 is 0 Å². The molecule has 0 unspecified atom stereocenters. The lowest BCUT2D eigenvalue weighted by molar-refractivity contribution is -0.149. The summed E-state index contributed by atoms with van der Waals surface area (Å²) in [5.41, 5.74) is 2.17. The number of benzene rings is 2. The molecule has 152 valence electrons. The number of hydrogen-bond acceptors (Lipinski definition) is 4. The fourth-order valence-corrected chi connectivity index (χ4v) is 3.44. The van der Waals surface area contributed by atoms with Crippen LogP contribution in [0.3, 0.4) is 0 Å². The van der Waals surface area contributed by atoms with Gasteiger partial charge in [0.25, 0.3) is 5.91 Å². The average molecular weight is 394 g/mol. The largest absolute Gasteiger partial charge is 0.466 e. The first-order chi connectivity index (χ1) is 14.1. The van der Waals surface area contributed by atoms with E-state index >= 15 is 0 Å². The van der Waals surface area contributed by atoms with E-state index in [1.54, 1.807) is 36.1 Å². The molecule has 2 amide bonds. The average Bonchev–Trinajstić information content (AvgIpc) is 2.75. The van der Waals surface area contributed by atoms with Crippen LogP contribution in [0.2, 0.25) is 0 Å². The zero-order chi connectivity index (χ0) is 20.6. The molecule has 1 N–H and O–H groups in total. The van der Waals surface area contributed by atoms with E-state index in [4.69, 9.17) is 4.74 Å². The maximum atomic E-state index is 12.7. The van der Waals surface area contributed by atoms with Gasteiger partial charge in [0.15, 0.2) is 0 Å². The zero-order valence-corrected chi connectivity index (χ0v) is 16.6. The first kappa shape index (κ1) is 20.6. The Hall–Kier alpha value is -3.15. The van der Waals surface area contributed by atoms with Gasteiger partial charge in [0.05, 0.1) is 18.9 Å². The van der Waals surface area contributed by atoms with Gasteiger partial charge in [0, 0.05) is 24.3 Å².